The van der Waals surface area contributed by atoms with E-state index in [2.05, 4.69) is 11.1 Å². The number of H-pyrrole nitrogens is 1. The Bertz CT molecular complexity index is 1550. The first-order valence-electron chi connectivity index (χ1n) is 11.4. The number of hydrogen-bond acceptors (Lipinski definition) is 4. The summed E-state index contributed by atoms with van der Waals surface area (Å²) in [5, 5.41) is 1.29. The quantitative estimate of drug-likeness (QED) is 0.353. The van der Waals surface area contributed by atoms with Gasteiger partial charge in [-0.3, -0.25) is 9.69 Å². The van der Waals surface area contributed by atoms with Crippen molar-refractivity contribution < 1.29 is 18.7 Å². The fourth-order valence-electron chi connectivity index (χ4n) is 5.39. The third-order valence-electron chi connectivity index (χ3n) is 6.94. The van der Waals surface area contributed by atoms with Gasteiger partial charge in [0.1, 0.15) is 17.9 Å². The van der Waals surface area contributed by atoms with Crippen LogP contribution in [0.2, 0.25) is 5.02 Å². The minimum absolute atomic E-state index is 0.0739. The molecule has 1 fully saturated rings. The summed E-state index contributed by atoms with van der Waals surface area (Å²) in [7, 11) is 3.18. The van der Waals surface area contributed by atoms with Gasteiger partial charge >= 0.3 is 0 Å². The summed E-state index contributed by atoms with van der Waals surface area (Å²) in [5.41, 5.74) is 4.21. The first-order chi connectivity index (χ1) is 17.4. The SMILES string of the molecule is COc1cccc(C2c3[nH]c4ccccc4c3CC3C(=O)N(c4ccc(F)c(Cl)c4)C(=S)N32)c1OC. The number of carbonyl (C=O) groups excluding carboxylic acids is 1. The zero-order valence-electron chi connectivity index (χ0n) is 19.4. The van der Waals surface area contributed by atoms with Gasteiger partial charge in [0.15, 0.2) is 16.6 Å². The van der Waals surface area contributed by atoms with E-state index in [1.165, 1.54) is 23.1 Å². The normalized spacial score (nSPS) is 19.0. The molecule has 6 rings (SSSR count). The first kappa shape index (κ1) is 22.8. The monoisotopic (exact) mass is 521 g/mol. The number of anilines is 1. The molecule has 2 atom stereocenters. The van der Waals surface area contributed by atoms with Gasteiger partial charge in [-0.25, -0.2) is 4.39 Å². The van der Waals surface area contributed by atoms with Crippen LogP contribution in [0, 0.1) is 5.82 Å². The molecule has 9 heteroatoms. The lowest BCUT2D eigenvalue weighted by Gasteiger charge is -2.38. The average Bonchev–Trinajstić information content (AvgIpc) is 3.38. The summed E-state index contributed by atoms with van der Waals surface area (Å²) in [4.78, 5) is 20.8. The molecule has 4 aromatic rings. The van der Waals surface area contributed by atoms with Gasteiger partial charge in [0.05, 0.1) is 24.9 Å². The molecule has 0 aliphatic carbocycles. The second kappa shape index (κ2) is 8.50. The van der Waals surface area contributed by atoms with E-state index in [4.69, 9.17) is 33.3 Å². The van der Waals surface area contributed by atoms with Crippen molar-refractivity contribution in [3.05, 3.63) is 88.3 Å². The molecule has 36 heavy (non-hydrogen) atoms. The first-order valence-corrected chi connectivity index (χ1v) is 12.1. The van der Waals surface area contributed by atoms with E-state index >= 15 is 0 Å². The van der Waals surface area contributed by atoms with Crippen molar-refractivity contribution in [2.45, 2.75) is 18.5 Å². The Labute approximate surface area is 217 Å². The smallest absolute Gasteiger partial charge is 0.256 e. The lowest BCUT2D eigenvalue weighted by molar-refractivity contribution is -0.120. The zero-order chi connectivity index (χ0) is 25.1. The van der Waals surface area contributed by atoms with Crippen molar-refractivity contribution in [1.82, 2.24) is 9.88 Å². The number of para-hydroxylation sites is 2. The zero-order valence-corrected chi connectivity index (χ0v) is 21.0. The molecule has 0 spiro atoms. The lowest BCUT2D eigenvalue weighted by Crippen LogP contribution is -2.44. The van der Waals surface area contributed by atoms with Gasteiger partial charge in [-0.05, 0) is 48.1 Å². The number of aromatic amines is 1. The fourth-order valence-corrected chi connectivity index (χ4v) is 5.99. The second-order valence-electron chi connectivity index (χ2n) is 8.73. The van der Waals surface area contributed by atoms with Crippen LogP contribution in [0.5, 0.6) is 11.5 Å². The predicted molar refractivity (Wildman–Crippen MR) is 141 cm³/mol. The minimum atomic E-state index is -0.561. The van der Waals surface area contributed by atoms with Gasteiger partial charge in [0.2, 0.25) is 0 Å². The van der Waals surface area contributed by atoms with Crippen molar-refractivity contribution in [2.75, 3.05) is 19.1 Å². The summed E-state index contributed by atoms with van der Waals surface area (Å²) >= 11 is 12.0. The van der Waals surface area contributed by atoms with Crippen LogP contribution in [0.25, 0.3) is 10.9 Å². The van der Waals surface area contributed by atoms with Gasteiger partial charge in [-0.2, -0.15) is 0 Å². The van der Waals surface area contributed by atoms with E-state index in [9.17, 15) is 9.18 Å². The maximum Gasteiger partial charge on any atom is 0.256 e. The molecule has 1 N–H and O–H groups in total. The largest absolute Gasteiger partial charge is 0.493 e. The summed E-state index contributed by atoms with van der Waals surface area (Å²) in [5.74, 6) is 0.392. The number of methoxy groups -OCH3 is 2. The summed E-state index contributed by atoms with van der Waals surface area (Å²) in [6.45, 7) is 0. The summed E-state index contributed by atoms with van der Waals surface area (Å²) in [6.07, 6.45) is 0.465. The highest BCUT2D eigenvalue weighted by atomic mass is 35.5. The number of nitrogens with zero attached hydrogens (tertiary/aromatic N) is 2. The maximum absolute atomic E-state index is 13.9. The molecule has 1 amide bonds. The number of benzene rings is 3. The minimum Gasteiger partial charge on any atom is -0.493 e. The summed E-state index contributed by atoms with van der Waals surface area (Å²) < 4.78 is 25.3. The topological polar surface area (TPSA) is 57.8 Å². The number of hydrogen-bond donors (Lipinski definition) is 1. The van der Waals surface area contributed by atoms with Gasteiger partial charge in [-0.15, -0.1) is 0 Å². The molecule has 2 aliphatic rings. The van der Waals surface area contributed by atoms with Gasteiger partial charge < -0.3 is 19.4 Å². The number of carbonyl (C=O) groups is 1. The second-order valence-corrected chi connectivity index (χ2v) is 9.50. The number of thiocarbonyl (C=S) groups is 1. The highest BCUT2D eigenvalue weighted by molar-refractivity contribution is 7.80. The van der Waals surface area contributed by atoms with E-state index in [0.717, 1.165) is 27.7 Å². The molecular formula is C27H21ClFN3O3S. The molecule has 3 aromatic carbocycles. The van der Waals surface area contributed by atoms with Crippen molar-refractivity contribution in [1.29, 1.82) is 0 Å². The van der Waals surface area contributed by atoms with Crippen LogP contribution in [0.4, 0.5) is 10.1 Å². The number of ether oxygens (including phenoxy) is 2. The highest BCUT2D eigenvalue weighted by Gasteiger charge is 2.51. The fraction of sp³-hybridized carbons (Fsp3) is 0.185. The molecule has 2 unspecified atom stereocenters. The Balaban J connectivity index is 1.58. The maximum atomic E-state index is 13.9. The lowest BCUT2D eigenvalue weighted by atomic mass is 9.88. The molecular weight excluding hydrogens is 501 g/mol. The number of aromatic nitrogens is 1. The molecule has 0 radical (unpaired) electrons. The number of nitrogens with one attached hydrogen (secondary N) is 1. The molecule has 1 aromatic heterocycles. The van der Waals surface area contributed by atoms with Crippen LogP contribution in [0.15, 0.2) is 60.7 Å². The van der Waals surface area contributed by atoms with Crippen LogP contribution in [-0.4, -0.2) is 41.2 Å². The van der Waals surface area contributed by atoms with Gasteiger partial charge in [-0.1, -0.05) is 41.9 Å². The Hall–Kier alpha value is -3.62. The number of halogens is 2. The van der Waals surface area contributed by atoms with E-state index in [1.54, 1.807) is 14.2 Å². The highest BCUT2D eigenvalue weighted by Crippen LogP contribution is 2.48. The molecule has 3 heterocycles. The van der Waals surface area contributed by atoms with Gasteiger partial charge in [0.25, 0.3) is 5.91 Å². The average molecular weight is 522 g/mol. The molecule has 6 nitrogen and oxygen atoms in total. The van der Waals surface area contributed by atoms with E-state index < -0.39 is 17.9 Å². The Morgan fingerprint density at radius 3 is 2.64 bits per heavy atom. The van der Waals surface area contributed by atoms with E-state index in [0.29, 0.717) is 28.7 Å². The predicted octanol–water partition coefficient (Wildman–Crippen LogP) is 5.63. The molecule has 182 valence electrons. The Morgan fingerprint density at radius 1 is 1.08 bits per heavy atom. The molecule has 2 aliphatic heterocycles. The van der Waals surface area contributed by atoms with Crippen LogP contribution < -0.4 is 14.4 Å². The molecule has 0 bridgehead atoms. The van der Waals surface area contributed by atoms with Gasteiger partial charge in [0, 0.05) is 28.6 Å². The number of rotatable bonds is 4. The van der Waals surface area contributed by atoms with E-state index in [1.807, 2.05) is 41.3 Å². The van der Waals surface area contributed by atoms with Crippen molar-refractivity contribution in [2.24, 2.45) is 0 Å². The van der Waals surface area contributed by atoms with Crippen molar-refractivity contribution in [3.63, 3.8) is 0 Å². The summed E-state index contributed by atoms with van der Waals surface area (Å²) in [6, 6.07) is 16.9. The van der Waals surface area contributed by atoms with Crippen LogP contribution in [0.3, 0.4) is 0 Å². The Morgan fingerprint density at radius 2 is 1.89 bits per heavy atom. The van der Waals surface area contributed by atoms with Crippen molar-refractivity contribution in [3.8, 4) is 11.5 Å². The van der Waals surface area contributed by atoms with Crippen molar-refractivity contribution >= 4 is 51.4 Å². The molecule has 1 saturated heterocycles. The number of amides is 1. The third kappa shape index (κ3) is 3.21. The van der Waals surface area contributed by atoms with Crippen LogP contribution >= 0.6 is 23.8 Å². The van der Waals surface area contributed by atoms with Crippen LogP contribution in [-0.2, 0) is 11.2 Å². The van der Waals surface area contributed by atoms with E-state index in [-0.39, 0.29) is 10.9 Å². The molecule has 0 saturated carbocycles. The number of fused-ring (bicyclic) bond motifs is 4. The standard InChI is InChI=1S/C27H21ClFN3O3S/c1-34-22-9-5-7-16(25(22)35-2)24-23-17(15-6-3-4-8-20(15)30-23)13-21-26(33)31(27(36)32(21)24)14-10-11-19(29)18(28)12-14/h3-12,21,24,30H,13H2,1-2H3. The Kier molecular flexibility index (Phi) is 5.39. The third-order valence-corrected chi connectivity index (χ3v) is 7.62. The van der Waals surface area contributed by atoms with Crippen LogP contribution in [0.1, 0.15) is 22.9 Å².